The van der Waals surface area contributed by atoms with Crippen molar-refractivity contribution in [2.75, 3.05) is 40.3 Å². The molecule has 0 aromatic rings. The fraction of sp³-hybridized carbons (Fsp3) is 1.00. The third-order valence-electron chi connectivity index (χ3n) is 2.19. The Bertz CT molecular complexity index is 102. The molecule has 0 spiro atoms. The van der Waals surface area contributed by atoms with Gasteiger partial charge in [-0.15, -0.1) is 0 Å². The van der Waals surface area contributed by atoms with E-state index in [2.05, 4.69) is 14.1 Å². The third-order valence-corrected chi connectivity index (χ3v) is 2.19. The largest absolute Gasteiger partial charge is 0.330 e. The van der Waals surface area contributed by atoms with Crippen molar-refractivity contribution in [2.24, 2.45) is 11.5 Å². The average Bonchev–Trinajstić information content (AvgIpc) is 2.01. The molecule has 0 aromatic carbocycles. The molecule has 0 aromatic heterocycles. The van der Waals surface area contributed by atoms with E-state index in [9.17, 15) is 0 Å². The first kappa shape index (κ1) is 11.9. The molecule has 0 radical (unpaired) electrons. The molecular formula is C9H24N3+. The van der Waals surface area contributed by atoms with Crippen LogP contribution < -0.4 is 11.5 Å². The van der Waals surface area contributed by atoms with Gasteiger partial charge < -0.3 is 16.0 Å². The van der Waals surface area contributed by atoms with Crippen LogP contribution in [0.4, 0.5) is 0 Å². The van der Waals surface area contributed by atoms with Gasteiger partial charge in [-0.05, 0) is 25.9 Å². The van der Waals surface area contributed by atoms with Crippen molar-refractivity contribution < 1.29 is 4.48 Å². The zero-order valence-electron chi connectivity index (χ0n) is 8.55. The molecule has 0 heterocycles. The maximum absolute atomic E-state index is 5.46. The molecule has 12 heavy (non-hydrogen) atoms. The van der Waals surface area contributed by atoms with Gasteiger partial charge in [0.1, 0.15) is 0 Å². The lowest BCUT2D eigenvalue weighted by atomic mass is 10.2. The highest BCUT2D eigenvalue weighted by Gasteiger charge is 2.12. The highest BCUT2D eigenvalue weighted by atomic mass is 15.3. The fourth-order valence-electron chi connectivity index (χ4n) is 1.32. The summed E-state index contributed by atoms with van der Waals surface area (Å²) in [5, 5.41) is 0. The third kappa shape index (κ3) is 6.58. The van der Waals surface area contributed by atoms with E-state index < -0.39 is 0 Å². The maximum atomic E-state index is 5.46. The van der Waals surface area contributed by atoms with Gasteiger partial charge in [-0.3, -0.25) is 0 Å². The molecule has 0 bridgehead atoms. The van der Waals surface area contributed by atoms with Gasteiger partial charge in [0, 0.05) is 6.42 Å². The SMILES string of the molecule is C[N+](C)(CCCN)CCCCN. The quantitative estimate of drug-likeness (QED) is 0.426. The van der Waals surface area contributed by atoms with Crippen molar-refractivity contribution >= 4 is 0 Å². The summed E-state index contributed by atoms with van der Waals surface area (Å²) in [4.78, 5) is 0. The molecule has 0 saturated carbocycles. The molecule has 0 unspecified atom stereocenters. The van der Waals surface area contributed by atoms with Gasteiger partial charge in [0.15, 0.2) is 0 Å². The Morgan fingerprint density at radius 3 is 1.83 bits per heavy atom. The molecule has 0 rings (SSSR count). The first-order valence-corrected chi connectivity index (χ1v) is 4.84. The van der Waals surface area contributed by atoms with E-state index in [0.29, 0.717) is 0 Å². The van der Waals surface area contributed by atoms with Crippen LogP contribution in [0.2, 0.25) is 0 Å². The Kier molecular flexibility index (Phi) is 6.34. The molecule has 0 amide bonds. The lowest BCUT2D eigenvalue weighted by Gasteiger charge is -2.29. The van der Waals surface area contributed by atoms with Crippen molar-refractivity contribution in [3.05, 3.63) is 0 Å². The molecule has 0 atom stereocenters. The van der Waals surface area contributed by atoms with Crippen LogP contribution in [-0.2, 0) is 0 Å². The summed E-state index contributed by atoms with van der Waals surface area (Å²) in [7, 11) is 4.51. The summed E-state index contributed by atoms with van der Waals surface area (Å²) in [5.74, 6) is 0. The summed E-state index contributed by atoms with van der Waals surface area (Å²) in [5.41, 5.74) is 10.9. The van der Waals surface area contributed by atoms with Crippen molar-refractivity contribution in [3.8, 4) is 0 Å². The van der Waals surface area contributed by atoms with Crippen LogP contribution in [0.25, 0.3) is 0 Å². The van der Waals surface area contributed by atoms with Gasteiger partial charge in [-0.2, -0.15) is 0 Å². The first-order chi connectivity index (χ1) is 5.62. The van der Waals surface area contributed by atoms with Gasteiger partial charge in [0.05, 0.1) is 27.2 Å². The van der Waals surface area contributed by atoms with Gasteiger partial charge in [-0.1, -0.05) is 0 Å². The number of hydrogen-bond donors (Lipinski definition) is 2. The number of nitrogens with zero attached hydrogens (tertiary/aromatic N) is 1. The molecule has 3 nitrogen and oxygen atoms in total. The average molecular weight is 174 g/mol. The van der Waals surface area contributed by atoms with Crippen molar-refractivity contribution in [2.45, 2.75) is 19.3 Å². The maximum Gasteiger partial charge on any atom is 0.0794 e. The van der Waals surface area contributed by atoms with E-state index in [1.807, 2.05) is 0 Å². The first-order valence-electron chi connectivity index (χ1n) is 4.84. The Labute approximate surface area is 76.3 Å². The van der Waals surface area contributed by atoms with Crippen molar-refractivity contribution in [1.29, 1.82) is 0 Å². The zero-order valence-corrected chi connectivity index (χ0v) is 8.55. The van der Waals surface area contributed by atoms with Crippen LogP contribution in [0.5, 0.6) is 0 Å². The summed E-state index contributed by atoms with van der Waals surface area (Å²) < 4.78 is 1.08. The van der Waals surface area contributed by atoms with E-state index in [1.165, 1.54) is 19.5 Å². The number of unbranched alkanes of at least 4 members (excludes halogenated alkanes) is 1. The molecule has 0 aliphatic heterocycles. The minimum absolute atomic E-state index is 0.804. The second-order valence-electron chi connectivity index (χ2n) is 4.02. The Hall–Kier alpha value is -0.120. The topological polar surface area (TPSA) is 52.0 Å². The molecule has 3 heteroatoms. The molecule has 74 valence electrons. The molecule has 0 aliphatic rings. The second-order valence-corrected chi connectivity index (χ2v) is 4.02. The van der Waals surface area contributed by atoms with E-state index in [4.69, 9.17) is 11.5 Å². The van der Waals surface area contributed by atoms with Crippen LogP contribution in [-0.4, -0.2) is 44.8 Å². The van der Waals surface area contributed by atoms with Gasteiger partial charge >= 0.3 is 0 Å². The van der Waals surface area contributed by atoms with Crippen LogP contribution in [0, 0.1) is 0 Å². The summed E-state index contributed by atoms with van der Waals surface area (Å²) in [6.07, 6.45) is 3.49. The van der Waals surface area contributed by atoms with Crippen LogP contribution >= 0.6 is 0 Å². The highest BCUT2D eigenvalue weighted by Crippen LogP contribution is 2.01. The molecule has 0 aliphatic carbocycles. The van der Waals surface area contributed by atoms with E-state index in [1.54, 1.807) is 0 Å². The van der Waals surface area contributed by atoms with E-state index in [-0.39, 0.29) is 0 Å². The molecule has 0 fully saturated rings. The second kappa shape index (κ2) is 6.40. The fourth-order valence-corrected chi connectivity index (χ4v) is 1.32. The van der Waals surface area contributed by atoms with Crippen molar-refractivity contribution in [1.82, 2.24) is 0 Å². The molecule has 0 saturated heterocycles. The van der Waals surface area contributed by atoms with Gasteiger partial charge in [0.25, 0.3) is 0 Å². The highest BCUT2D eigenvalue weighted by molar-refractivity contribution is 4.42. The monoisotopic (exact) mass is 174 g/mol. The Morgan fingerprint density at radius 1 is 0.833 bits per heavy atom. The predicted molar refractivity (Wildman–Crippen MR) is 53.8 cm³/mol. The number of nitrogens with two attached hydrogens (primary N) is 2. The normalized spacial score (nSPS) is 12.0. The smallest absolute Gasteiger partial charge is 0.0794 e. The Balaban J connectivity index is 3.42. The van der Waals surface area contributed by atoms with Crippen LogP contribution in [0.3, 0.4) is 0 Å². The Morgan fingerprint density at radius 2 is 1.33 bits per heavy atom. The van der Waals surface area contributed by atoms with Crippen LogP contribution in [0.15, 0.2) is 0 Å². The number of quaternary nitrogens is 1. The van der Waals surface area contributed by atoms with Gasteiger partial charge in [0.2, 0.25) is 0 Å². The minimum Gasteiger partial charge on any atom is -0.330 e. The lowest BCUT2D eigenvalue weighted by Crippen LogP contribution is -2.42. The molecule has 4 N–H and O–H groups in total. The van der Waals surface area contributed by atoms with Crippen LogP contribution in [0.1, 0.15) is 19.3 Å². The van der Waals surface area contributed by atoms with E-state index in [0.717, 1.165) is 30.4 Å². The standard InChI is InChI=1S/C9H24N3/c1-12(2,9-5-7-11)8-4-3-6-10/h3-11H2,1-2H3/q+1. The minimum atomic E-state index is 0.804. The predicted octanol–water partition coefficient (Wildman–Crippen LogP) is 0.151. The lowest BCUT2D eigenvalue weighted by molar-refractivity contribution is -0.890. The van der Waals surface area contributed by atoms with E-state index >= 15 is 0 Å². The summed E-state index contributed by atoms with van der Waals surface area (Å²) in [6.45, 7) is 4.02. The number of rotatable bonds is 7. The summed E-state index contributed by atoms with van der Waals surface area (Å²) in [6, 6.07) is 0. The molecular weight excluding hydrogens is 150 g/mol. The summed E-state index contributed by atoms with van der Waals surface area (Å²) >= 11 is 0. The number of hydrogen-bond acceptors (Lipinski definition) is 2. The van der Waals surface area contributed by atoms with Gasteiger partial charge in [-0.25, -0.2) is 0 Å². The zero-order chi connectivity index (χ0) is 9.45. The van der Waals surface area contributed by atoms with Crippen molar-refractivity contribution in [3.63, 3.8) is 0 Å².